The molecule has 174 valence electrons. The number of fused-ring (bicyclic) bond motifs is 1. The average Bonchev–Trinajstić information content (AvgIpc) is 3.29. The summed E-state index contributed by atoms with van der Waals surface area (Å²) in [7, 11) is 2.01. The summed E-state index contributed by atoms with van der Waals surface area (Å²) in [4.78, 5) is 11.2. The minimum atomic E-state index is 0.0897. The SMILES string of the molecule is CCN(Cc1cn(-c2ccnc(Nc3ccc4c(c3)c(Cl)c(C)n4C)n2)nc1C)C(C)CO. The highest BCUT2D eigenvalue weighted by Crippen LogP contribution is 2.32. The summed E-state index contributed by atoms with van der Waals surface area (Å²) in [6.45, 7) is 9.81. The van der Waals surface area contributed by atoms with Crippen LogP contribution in [-0.2, 0) is 13.6 Å². The van der Waals surface area contributed by atoms with Gasteiger partial charge in [-0.15, -0.1) is 0 Å². The van der Waals surface area contributed by atoms with Gasteiger partial charge in [0.05, 0.1) is 17.3 Å². The highest BCUT2D eigenvalue weighted by atomic mass is 35.5. The van der Waals surface area contributed by atoms with Crippen LogP contribution in [0.15, 0.2) is 36.7 Å². The van der Waals surface area contributed by atoms with Gasteiger partial charge in [0.1, 0.15) is 0 Å². The molecule has 0 aliphatic rings. The lowest BCUT2D eigenvalue weighted by Gasteiger charge is -2.25. The molecule has 4 aromatic rings. The van der Waals surface area contributed by atoms with Gasteiger partial charge in [-0.3, -0.25) is 4.90 Å². The van der Waals surface area contributed by atoms with Crippen LogP contribution in [0.5, 0.6) is 0 Å². The number of likely N-dealkylation sites (N-methyl/N-ethyl adjacent to an activating group) is 1. The maximum Gasteiger partial charge on any atom is 0.229 e. The van der Waals surface area contributed by atoms with E-state index in [2.05, 4.69) is 36.8 Å². The Balaban J connectivity index is 1.57. The molecule has 0 bridgehead atoms. The Bertz CT molecular complexity index is 1280. The number of aliphatic hydroxyl groups excluding tert-OH is 1. The Hall–Kier alpha value is -2.94. The zero-order valence-electron chi connectivity index (χ0n) is 19.7. The number of halogens is 1. The minimum Gasteiger partial charge on any atom is -0.395 e. The molecule has 0 amide bonds. The molecule has 0 fully saturated rings. The molecule has 1 aromatic carbocycles. The van der Waals surface area contributed by atoms with E-state index in [4.69, 9.17) is 11.6 Å². The number of anilines is 2. The molecule has 1 unspecified atom stereocenters. The lowest BCUT2D eigenvalue weighted by Crippen LogP contribution is -2.35. The van der Waals surface area contributed by atoms with Crippen LogP contribution in [0.25, 0.3) is 16.7 Å². The van der Waals surface area contributed by atoms with E-state index in [1.165, 1.54) is 0 Å². The van der Waals surface area contributed by atoms with Crippen LogP contribution in [0.1, 0.15) is 30.8 Å². The number of nitrogens with one attached hydrogen (secondary N) is 1. The Kier molecular flexibility index (Phi) is 6.69. The van der Waals surface area contributed by atoms with Crippen molar-refractivity contribution in [2.75, 3.05) is 18.5 Å². The second-order valence-corrected chi connectivity index (χ2v) is 8.71. The van der Waals surface area contributed by atoms with E-state index in [0.717, 1.165) is 51.7 Å². The molecule has 33 heavy (non-hydrogen) atoms. The topological polar surface area (TPSA) is 84.0 Å². The monoisotopic (exact) mass is 467 g/mol. The number of nitrogens with zero attached hydrogens (tertiary/aromatic N) is 6. The van der Waals surface area contributed by atoms with Crippen LogP contribution in [0, 0.1) is 13.8 Å². The molecular weight excluding hydrogens is 438 g/mol. The van der Waals surface area contributed by atoms with E-state index in [0.29, 0.717) is 11.8 Å². The van der Waals surface area contributed by atoms with Crippen LogP contribution in [0.2, 0.25) is 5.02 Å². The molecule has 0 radical (unpaired) electrons. The molecule has 0 saturated carbocycles. The standard InChI is InChI=1S/C24H30ClN7O/c1-6-31(15(2)14-33)12-18-13-32(29-16(18)3)22-9-10-26-24(28-22)27-19-7-8-21-20(11-19)23(25)17(4)30(21)5/h7-11,13,15,33H,6,12,14H2,1-5H3,(H,26,27,28). The van der Waals surface area contributed by atoms with Gasteiger partial charge >= 0.3 is 0 Å². The largest absolute Gasteiger partial charge is 0.395 e. The van der Waals surface area contributed by atoms with E-state index < -0.39 is 0 Å². The molecule has 0 aliphatic carbocycles. The van der Waals surface area contributed by atoms with Gasteiger partial charge in [-0.1, -0.05) is 18.5 Å². The summed E-state index contributed by atoms with van der Waals surface area (Å²) < 4.78 is 3.85. The molecule has 4 rings (SSSR count). The Morgan fingerprint density at radius 3 is 2.76 bits per heavy atom. The van der Waals surface area contributed by atoms with Crippen molar-refractivity contribution >= 4 is 34.1 Å². The number of aliphatic hydroxyl groups is 1. The first-order valence-corrected chi connectivity index (χ1v) is 11.4. The molecule has 0 saturated heterocycles. The molecule has 3 aromatic heterocycles. The normalized spacial score (nSPS) is 12.6. The maximum absolute atomic E-state index is 9.51. The summed E-state index contributed by atoms with van der Waals surface area (Å²) >= 11 is 6.51. The second kappa shape index (κ2) is 9.51. The molecule has 0 aliphatic heterocycles. The Morgan fingerprint density at radius 2 is 2.03 bits per heavy atom. The first-order chi connectivity index (χ1) is 15.8. The quantitative estimate of drug-likeness (QED) is 0.400. The molecule has 1 atom stereocenters. The van der Waals surface area contributed by atoms with Crippen molar-refractivity contribution in [2.45, 2.75) is 40.3 Å². The summed E-state index contributed by atoms with van der Waals surface area (Å²) in [6.07, 6.45) is 3.71. The van der Waals surface area contributed by atoms with Crippen molar-refractivity contribution in [3.05, 3.63) is 58.6 Å². The lowest BCUT2D eigenvalue weighted by molar-refractivity contribution is 0.133. The lowest BCUT2D eigenvalue weighted by atomic mass is 10.2. The summed E-state index contributed by atoms with van der Waals surface area (Å²) in [5, 5.41) is 19.2. The summed E-state index contributed by atoms with van der Waals surface area (Å²) in [6, 6.07) is 7.96. The van der Waals surface area contributed by atoms with Crippen molar-refractivity contribution in [1.29, 1.82) is 0 Å². The molecule has 2 N–H and O–H groups in total. The highest BCUT2D eigenvalue weighted by Gasteiger charge is 2.16. The van der Waals surface area contributed by atoms with E-state index >= 15 is 0 Å². The first-order valence-electron chi connectivity index (χ1n) is 11.1. The fourth-order valence-corrected chi connectivity index (χ4v) is 4.23. The van der Waals surface area contributed by atoms with E-state index in [1.54, 1.807) is 10.9 Å². The fraction of sp³-hybridized carbons (Fsp3) is 0.375. The van der Waals surface area contributed by atoms with Gasteiger partial charge in [-0.05, 0) is 45.5 Å². The Labute approximate surface area is 198 Å². The van der Waals surface area contributed by atoms with Gasteiger partial charge in [-0.2, -0.15) is 10.1 Å². The third kappa shape index (κ3) is 4.59. The molecule has 0 spiro atoms. The van der Waals surface area contributed by atoms with Crippen LogP contribution < -0.4 is 5.32 Å². The predicted molar refractivity (Wildman–Crippen MR) is 132 cm³/mol. The number of aryl methyl sites for hydroxylation is 2. The molecule has 9 heteroatoms. The smallest absolute Gasteiger partial charge is 0.229 e. The van der Waals surface area contributed by atoms with Gasteiger partial charge in [-0.25, -0.2) is 9.67 Å². The van der Waals surface area contributed by atoms with E-state index in [1.807, 2.05) is 58.3 Å². The first kappa shape index (κ1) is 23.2. The Morgan fingerprint density at radius 1 is 1.24 bits per heavy atom. The van der Waals surface area contributed by atoms with Gasteiger partial charge in [0, 0.05) is 65.9 Å². The molecular formula is C24H30ClN7O. The van der Waals surface area contributed by atoms with Crippen molar-refractivity contribution in [2.24, 2.45) is 7.05 Å². The number of rotatable bonds is 8. The maximum atomic E-state index is 9.51. The third-order valence-electron chi connectivity index (χ3n) is 6.21. The minimum absolute atomic E-state index is 0.0897. The molecule has 8 nitrogen and oxygen atoms in total. The second-order valence-electron chi connectivity index (χ2n) is 8.33. The number of benzene rings is 1. The van der Waals surface area contributed by atoms with Crippen molar-refractivity contribution in [3.63, 3.8) is 0 Å². The van der Waals surface area contributed by atoms with Crippen LogP contribution in [0.3, 0.4) is 0 Å². The highest BCUT2D eigenvalue weighted by molar-refractivity contribution is 6.36. The van der Waals surface area contributed by atoms with Gasteiger partial charge in [0.15, 0.2) is 5.82 Å². The van der Waals surface area contributed by atoms with Crippen molar-refractivity contribution in [1.82, 2.24) is 29.2 Å². The van der Waals surface area contributed by atoms with Crippen LogP contribution >= 0.6 is 11.6 Å². The third-order valence-corrected chi connectivity index (χ3v) is 6.69. The molecule has 3 heterocycles. The van der Waals surface area contributed by atoms with Crippen molar-refractivity contribution < 1.29 is 5.11 Å². The number of aromatic nitrogens is 5. The van der Waals surface area contributed by atoms with Gasteiger partial charge in [0.25, 0.3) is 0 Å². The average molecular weight is 468 g/mol. The van der Waals surface area contributed by atoms with E-state index in [-0.39, 0.29) is 12.6 Å². The predicted octanol–water partition coefficient (Wildman–Crippen LogP) is 4.37. The van der Waals surface area contributed by atoms with Crippen molar-refractivity contribution in [3.8, 4) is 5.82 Å². The number of hydrogen-bond donors (Lipinski definition) is 2. The number of hydrogen-bond acceptors (Lipinski definition) is 6. The summed E-state index contributed by atoms with van der Waals surface area (Å²) in [5.41, 5.74) is 5.01. The van der Waals surface area contributed by atoms with Crippen LogP contribution in [-0.4, -0.2) is 53.5 Å². The zero-order chi connectivity index (χ0) is 23.7. The van der Waals surface area contributed by atoms with Crippen LogP contribution in [0.4, 0.5) is 11.6 Å². The summed E-state index contributed by atoms with van der Waals surface area (Å²) in [5.74, 6) is 1.16. The zero-order valence-corrected chi connectivity index (χ0v) is 20.4. The van der Waals surface area contributed by atoms with Gasteiger partial charge < -0.3 is 15.0 Å². The van der Waals surface area contributed by atoms with E-state index in [9.17, 15) is 5.11 Å². The fourth-order valence-electron chi connectivity index (χ4n) is 3.95. The van der Waals surface area contributed by atoms with Gasteiger partial charge in [0.2, 0.25) is 5.95 Å².